The second-order valence-corrected chi connectivity index (χ2v) is 9.30. The van der Waals surface area contributed by atoms with Gasteiger partial charge in [-0.05, 0) is 18.2 Å². The van der Waals surface area contributed by atoms with E-state index in [1.807, 2.05) is 0 Å². The smallest absolute Gasteiger partial charge is 0.373 e. The van der Waals surface area contributed by atoms with E-state index in [1.165, 1.54) is 30.2 Å². The Morgan fingerprint density at radius 2 is 1.95 bits per heavy atom. The molecule has 2 atom stereocenters. The lowest BCUT2D eigenvalue weighted by atomic mass is 9.99. The molecule has 9 nitrogen and oxygen atoms in total. The Bertz CT molecular complexity index is 1590. The van der Waals surface area contributed by atoms with Gasteiger partial charge in [0, 0.05) is 43.1 Å². The van der Waals surface area contributed by atoms with Crippen molar-refractivity contribution in [2.75, 3.05) is 5.32 Å². The zero-order valence-electron chi connectivity index (χ0n) is 20.9. The van der Waals surface area contributed by atoms with Crippen LogP contribution in [-0.2, 0) is 24.4 Å². The molecule has 0 saturated carbocycles. The van der Waals surface area contributed by atoms with Crippen LogP contribution in [0, 0.1) is 11.7 Å². The van der Waals surface area contributed by atoms with Crippen LogP contribution in [0.2, 0.25) is 0 Å². The molecule has 0 aliphatic carbocycles. The number of amides is 2. The SMILES string of the molecule is Cn1ccc(-c2cc(C(=O)Nc3cnc(CC4CC(=O)NC4O)nc3-c3ccccc3)c(F)cc2C(F)(F)F)n1. The normalized spacial score (nSPS) is 17.1. The van der Waals surface area contributed by atoms with Crippen molar-refractivity contribution in [2.24, 2.45) is 13.0 Å². The maximum absolute atomic E-state index is 14.9. The van der Waals surface area contributed by atoms with Gasteiger partial charge >= 0.3 is 6.18 Å². The molecule has 1 aliphatic rings. The lowest BCUT2D eigenvalue weighted by Crippen LogP contribution is -2.29. The van der Waals surface area contributed by atoms with Crippen LogP contribution in [0.4, 0.5) is 23.2 Å². The Morgan fingerprint density at radius 1 is 1.20 bits per heavy atom. The molecule has 2 aromatic heterocycles. The molecule has 4 aromatic rings. The fourth-order valence-electron chi connectivity index (χ4n) is 4.48. The number of hydrogen-bond donors (Lipinski definition) is 3. The number of alkyl halides is 3. The largest absolute Gasteiger partial charge is 0.417 e. The standard InChI is InChI=1S/C27H22F4N6O3/c1-37-8-7-20(36-37)16-11-17(19(28)12-18(16)27(29,30)31)26(40)33-21-13-32-22(9-15-10-23(38)35-25(15)39)34-24(21)14-5-3-2-4-6-14/h2-8,11-13,15,25,39H,9-10H2,1H3,(H,33,40)(H,35,38). The summed E-state index contributed by atoms with van der Waals surface area (Å²) in [5.41, 5.74) is -1.50. The lowest BCUT2D eigenvalue weighted by molar-refractivity contribution is -0.137. The van der Waals surface area contributed by atoms with Crippen molar-refractivity contribution in [1.82, 2.24) is 25.1 Å². The van der Waals surface area contributed by atoms with Gasteiger partial charge in [0.15, 0.2) is 0 Å². The molecule has 1 fully saturated rings. The molecule has 5 rings (SSSR count). The Hall–Kier alpha value is -4.65. The number of aliphatic hydroxyl groups is 1. The molecule has 1 saturated heterocycles. The van der Waals surface area contributed by atoms with Crippen molar-refractivity contribution < 1.29 is 32.3 Å². The predicted molar refractivity (Wildman–Crippen MR) is 135 cm³/mol. The van der Waals surface area contributed by atoms with E-state index in [-0.39, 0.29) is 47.7 Å². The van der Waals surface area contributed by atoms with Crippen molar-refractivity contribution in [3.63, 3.8) is 0 Å². The molecule has 3 heterocycles. The number of carbonyl (C=O) groups is 2. The number of nitrogens with one attached hydrogen (secondary N) is 2. The molecule has 1 aliphatic heterocycles. The number of hydrogen-bond acceptors (Lipinski definition) is 6. The Kier molecular flexibility index (Phi) is 7.06. The van der Waals surface area contributed by atoms with Crippen LogP contribution in [0.3, 0.4) is 0 Å². The molecular weight excluding hydrogens is 532 g/mol. The molecule has 2 amide bonds. The number of anilines is 1. The summed E-state index contributed by atoms with van der Waals surface area (Å²) in [6.45, 7) is 0. The van der Waals surface area contributed by atoms with Gasteiger partial charge in [0.25, 0.3) is 5.91 Å². The van der Waals surface area contributed by atoms with Gasteiger partial charge in [-0.1, -0.05) is 30.3 Å². The third kappa shape index (κ3) is 5.54. The van der Waals surface area contributed by atoms with Gasteiger partial charge in [0.1, 0.15) is 17.9 Å². The van der Waals surface area contributed by atoms with Crippen LogP contribution in [-0.4, -0.2) is 42.9 Å². The highest BCUT2D eigenvalue weighted by atomic mass is 19.4. The molecule has 2 aromatic carbocycles. The summed E-state index contributed by atoms with van der Waals surface area (Å²) >= 11 is 0. The first-order chi connectivity index (χ1) is 19.0. The second kappa shape index (κ2) is 10.5. The average Bonchev–Trinajstić information content (AvgIpc) is 3.48. The van der Waals surface area contributed by atoms with E-state index in [9.17, 15) is 32.3 Å². The fourth-order valence-corrected chi connectivity index (χ4v) is 4.48. The van der Waals surface area contributed by atoms with E-state index in [0.29, 0.717) is 5.56 Å². The molecule has 206 valence electrons. The Labute approximate surface area is 224 Å². The monoisotopic (exact) mass is 554 g/mol. The van der Waals surface area contributed by atoms with E-state index >= 15 is 0 Å². The summed E-state index contributed by atoms with van der Waals surface area (Å²) in [6, 6.07) is 11.1. The number of aromatic nitrogens is 4. The van der Waals surface area contributed by atoms with Crippen LogP contribution in [0.15, 0.2) is 60.9 Å². The highest BCUT2D eigenvalue weighted by molar-refractivity contribution is 6.06. The van der Waals surface area contributed by atoms with Crippen molar-refractivity contribution in [1.29, 1.82) is 0 Å². The van der Waals surface area contributed by atoms with Crippen LogP contribution < -0.4 is 10.6 Å². The van der Waals surface area contributed by atoms with Gasteiger partial charge < -0.3 is 15.7 Å². The summed E-state index contributed by atoms with van der Waals surface area (Å²) in [6.07, 6.45) is -2.96. The summed E-state index contributed by atoms with van der Waals surface area (Å²) < 4.78 is 57.4. The summed E-state index contributed by atoms with van der Waals surface area (Å²) in [4.78, 5) is 33.6. The number of nitrogens with zero attached hydrogens (tertiary/aromatic N) is 4. The maximum Gasteiger partial charge on any atom is 0.417 e. The van der Waals surface area contributed by atoms with E-state index in [4.69, 9.17) is 0 Å². The Morgan fingerprint density at radius 3 is 2.58 bits per heavy atom. The van der Waals surface area contributed by atoms with E-state index in [1.54, 1.807) is 30.3 Å². The lowest BCUT2D eigenvalue weighted by Gasteiger charge is -2.16. The van der Waals surface area contributed by atoms with Crippen LogP contribution in [0.1, 0.15) is 28.2 Å². The van der Waals surface area contributed by atoms with Gasteiger partial charge in [-0.25, -0.2) is 14.4 Å². The van der Waals surface area contributed by atoms with E-state index in [0.717, 1.165) is 6.07 Å². The van der Waals surface area contributed by atoms with Crippen molar-refractivity contribution in [3.8, 4) is 22.5 Å². The zero-order valence-corrected chi connectivity index (χ0v) is 20.9. The first-order valence-electron chi connectivity index (χ1n) is 12.1. The topological polar surface area (TPSA) is 122 Å². The summed E-state index contributed by atoms with van der Waals surface area (Å²) in [7, 11) is 1.52. The molecule has 0 radical (unpaired) electrons. The average molecular weight is 555 g/mol. The molecule has 40 heavy (non-hydrogen) atoms. The molecular formula is C27H22F4N6O3. The minimum Gasteiger partial charge on any atom is -0.373 e. The fraction of sp³-hybridized carbons (Fsp3) is 0.222. The molecule has 2 unspecified atom stereocenters. The number of aryl methyl sites for hydroxylation is 1. The quantitative estimate of drug-likeness (QED) is 0.311. The minimum absolute atomic E-state index is 0.0800. The Balaban J connectivity index is 1.51. The van der Waals surface area contributed by atoms with Crippen molar-refractivity contribution in [2.45, 2.75) is 25.2 Å². The summed E-state index contributed by atoms with van der Waals surface area (Å²) in [5, 5.41) is 19.0. The van der Waals surface area contributed by atoms with Gasteiger partial charge in [0.2, 0.25) is 5.91 Å². The van der Waals surface area contributed by atoms with Crippen LogP contribution in [0.25, 0.3) is 22.5 Å². The number of carbonyl (C=O) groups excluding carboxylic acids is 2. The van der Waals surface area contributed by atoms with Crippen molar-refractivity contribution >= 4 is 17.5 Å². The predicted octanol–water partition coefficient (Wildman–Crippen LogP) is 3.95. The first-order valence-corrected chi connectivity index (χ1v) is 12.1. The highest BCUT2D eigenvalue weighted by Gasteiger charge is 2.36. The third-order valence-electron chi connectivity index (χ3n) is 6.43. The maximum atomic E-state index is 14.9. The van der Waals surface area contributed by atoms with E-state index in [2.05, 4.69) is 25.7 Å². The molecule has 3 N–H and O–H groups in total. The second-order valence-electron chi connectivity index (χ2n) is 9.30. The van der Waals surface area contributed by atoms with E-state index < -0.39 is 46.7 Å². The van der Waals surface area contributed by atoms with Gasteiger partial charge in [0.05, 0.1) is 34.4 Å². The van der Waals surface area contributed by atoms with Gasteiger partial charge in [-0.15, -0.1) is 0 Å². The van der Waals surface area contributed by atoms with Gasteiger partial charge in [-0.3, -0.25) is 14.3 Å². The number of aliphatic hydroxyl groups excluding tert-OH is 1. The number of halogens is 4. The first kappa shape index (κ1) is 26.9. The van der Waals surface area contributed by atoms with Crippen LogP contribution in [0.5, 0.6) is 0 Å². The molecule has 0 spiro atoms. The number of benzene rings is 2. The third-order valence-corrected chi connectivity index (χ3v) is 6.43. The molecule has 13 heteroatoms. The van der Waals surface area contributed by atoms with Gasteiger partial charge in [-0.2, -0.15) is 18.3 Å². The summed E-state index contributed by atoms with van der Waals surface area (Å²) in [5.74, 6) is -2.85. The highest BCUT2D eigenvalue weighted by Crippen LogP contribution is 2.38. The van der Waals surface area contributed by atoms with Crippen LogP contribution >= 0.6 is 0 Å². The zero-order chi connectivity index (χ0) is 28.6. The van der Waals surface area contributed by atoms with Crippen molar-refractivity contribution in [3.05, 3.63) is 83.7 Å². The molecule has 0 bridgehead atoms. The minimum atomic E-state index is -4.89. The number of rotatable bonds is 6.